The van der Waals surface area contributed by atoms with Crippen LogP contribution in [0.5, 0.6) is 0 Å². The Bertz CT molecular complexity index is 706. The van der Waals surface area contributed by atoms with Crippen LogP contribution in [0.2, 0.25) is 0 Å². The summed E-state index contributed by atoms with van der Waals surface area (Å²) in [6.07, 6.45) is 5.31. The predicted octanol–water partition coefficient (Wildman–Crippen LogP) is 3.09. The van der Waals surface area contributed by atoms with Gasteiger partial charge in [-0.15, -0.1) is 35.3 Å². The van der Waals surface area contributed by atoms with Crippen LogP contribution in [0, 0.1) is 5.92 Å². The molecule has 26 heavy (non-hydrogen) atoms. The molecule has 0 bridgehead atoms. The minimum Gasteiger partial charge on any atom is -0.370 e. The molecule has 1 aromatic heterocycles. The Balaban J connectivity index is 0.00000243. The first-order chi connectivity index (χ1) is 12.0. The van der Waals surface area contributed by atoms with Crippen LogP contribution in [-0.4, -0.2) is 49.8 Å². The van der Waals surface area contributed by atoms with Gasteiger partial charge in [-0.3, -0.25) is 0 Å². The molecule has 1 aromatic rings. The lowest BCUT2D eigenvalue weighted by atomic mass is 10.00. The molecule has 0 spiro atoms. The van der Waals surface area contributed by atoms with Crippen molar-refractivity contribution in [1.29, 1.82) is 0 Å². The Morgan fingerprint density at radius 1 is 1.19 bits per heavy atom. The number of nitrogens with zero attached hydrogens (tertiary/aromatic N) is 3. The van der Waals surface area contributed by atoms with Crippen LogP contribution in [-0.2, 0) is 16.6 Å². The Kier molecular flexibility index (Phi) is 8.17. The molecular formula is C17H29IN4O2S2. The molecule has 0 saturated carbocycles. The van der Waals surface area contributed by atoms with Crippen LogP contribution in [0.15, 0.2) is 21.3 Å². The van der Waals surface area contributed by atoms with Crippen molar-refractivity contribution in [3.8, 4) is 0 Å². The number of rotatable bonds is 4. The zero-order valence-electron chi connectivity index (χ0n) is 15.3. The van der Waals surface area contributed by atoms with E-state index in [1.165, 1.54) is 11.3 Å². The van der Waals surface area contributed by atoms with Crippen molar-refractivity contribution in [2.24, 2.45) is 16.6 Å². The highest BCUT2D eigenvalue weighted by atomic mass is 127. The second-order valence-electron chi connectivity index (χ2n) is 7.03. The number of hydrogen-bond donors (Lipinski definition) is 1. The Morgan fingerprint density at radius 2 is 1.85 bits per heavy atom. The van der Waals surface area contributed by atoms with Crippen molar-refractivity contribution < 1.29 is 8.42 Å². The molecule has 0 amide bonds. The number of piperidine rings is 2. The van der Waals surface area contributed by atoms with Gasteiger partial charge in [0.1, 0.15) is 4.21 Å². The first-order valence-electron chi connectivity index (χ1n) is 9.10. The van der Waals surface area contributed by atoms with Gasteiger partial charge in [0.15, 0.2) is 5.96 Å². The van der Waals surface area contributed by atoms with Crippen molar-refractivity contribution in [2.45, 2.75) is 49.8 Å². The standard InChI is InChI=1S/C17H28N4O2S2.HI/c1-14-7-11-20(12-8-14)17(18)19-13-15-5-6-16(24-15)25(22,23)21-9-3-2-4-10-21;/h5-6,14H,2-4,7-13H2,1H3,(H2,18,19);1H. The average molecular weight is 512 g/mol. The molecule has 2 aliphatic rings. The van der Waals surface area contributed by atoms with Gasteiger partial charge >= 0.3 is 0 Å². The molecule has 3 rings (SSSR count). The van der Waals surface area contributed by atoms with E-state index >= 15 is 0 Å². The van der Waals surface area contributed by atoms with Crippen LogP contribution in [0.4, 0.5) is 0 Å². The fraction of sp³-hybridized carbons (Fsp3) is 0.706. The SMILES string of the molecule is CC1CCN(C(N)=NCc2ccc(S(=O)(=O)N3CCCCC3)s2)CC1.I. The van der Waals surface area contributed by atoms with Crippen molar-refractivity contribution in [2.75, 3.05) is 26.2 Å². The van der Waals surface area contributed by atoms with E-state index in [9.17, 15) is 8.42 Å². The van der Waals surface area contributed by atoms with Gasteiger partial charge in [-0.1, -0.05) is 13.3 Å². The lowest BCUT2D eigenvalue weighted by molar-refractivity contribution is 0.277. The molecule has 2 N–H and O–H groups in total. The third-order valence-corrected chi connectivity index (χ3v) is 8.49. The highest BCUT2D eigenvalue weighted by molar-refractivity contribution is 14.0. The van der Waals surface area contributed by atoms with E-state index in [1.807, 2.05) is 6.07 Å². The summed E-state index contributed by atoms with van der Waals surface area (Å²) >= 11 is 1.31. The van der Waals surface area contributed by atoms with Crippen molar-refractivity contribution >= 4 is 51.3 Å². The maximum atomic E-state index is 12.7. The van der Waals surface area contributed by atoms with Gasteiger partial charge in [0.2, 0.25) is 0 Å². The number of guanidine groups is 1. The number of thiophene rings is 1. The minimum absolute atomic E-state index is 0. The number of aliphatic imine (C=N–C) groups is 1. The second kappa shape index (κ2) is 9.70. The molecule has 0 unspecified atom stereocenters. The van der Waals surface area contributed by atoms with Crippen LogP contribution in [0.1, 0.15) is 43.9 Å². The van der Waals surface area contributed by atoms with Crippen molar-refractivity contribution in [1.82, 2.24) is 9.21 Å². The lowest BCUT2D eigenvalue weighted by Crippen LogP contribution is -2.42. The number of likely N-dealkylation sites (tertiary alicyclic amines) is 1. The summed E-state index contributed by atoms with van der Waals surface area (Å²) in [5.41, 5.74) is 6.11. The predicted molar refractivity (Wildman–Crippen MR) is 118 cm³/mol. The maximum absolute atomic E-state index is 12.7. The van der Waals surface area contributed by atoms with Crippen molar-refractivity contribution in [3.63, 3.8) is 0 Å². The Morgan fingerprint density at radius 3 is 2.50 bits per heavy atom. The van der Waals surface area contributed by atoms with E-state index in [0.29, 0.717) is 29.8 Å². The van der Waals surface area contributed by atoms with E-state index in [4.69, 9.17) is 5.73 Å². The molecule has 2 saturated heterocycles. The third kappa shape index (κ3) is 5.32. The topological polar surface area (TPSA) is 79.0 Å². The van der Waals surface area contributed by atoms with Gasteiger partial charge in [-0.25, -0.2) is 13.4 Å². The summed E-state index contributed by atoms with van der Waals surface area (Å²) in [6.45, 7) is 5.88. The third-order valence-electron chi connectivity index (χ3n) is 5.05. The molecule has 2 aliphatic heterocycles. The number of nitrogens with two attached hydrogens (primary N) is 1. The molecule has 3 heterocycles. The number of hydrogen-bond acceptors (Lipinski definition) is 4. The normalized spacial score (nSPS) is 20.8. The largest absolute Gasteiger partial charge is 0.370 e. The summed E-state index contributed by atoms with van der Waals surface area (Å²) in [7, 11) is -3.34. The zero-order valence-corrected chi connectivity index (χ0v) is 19.2. The highest BCUT2D eigenvalue weighted by Gasteiger charge is 2.27. The molecule has 0 aliphatic carbocycles. The molecular weight excluding hydrogens is 483 g/mol. The smallest absolute Gasteiger partial charge is 0.252 e. The quantitative estimate of drug-likeness (QED) is 0.382. The minimum atomic E-state index is -3.34. The number of sulfonamides is 1. The summed E-state index contributed by atoms with van der Waals surface area (Å²) in [5.74, 6) is 1.32. The zero-order chi connectivity index (χ0) is 17.9. The van der Waals surface area contributed by atoms with Crippen molar-refractivity contribution in [3.05, 3.63) is 17.0 Å². The summed E-state index contributed by atoms with van der Waals surface area (Å²) in [6, 6.07) is 3.56. The van der Waals surface area contributed by atoms with Gasteiger partial charge in [0.25, 0.3) is 10.0 Å². The van der Waals surface area contributed by atoms with Gasteiger partial charge in [0, 0.05) is 31.1 Å². The molecule has 9 heteroatoms. The van der Waals surface area contributed by atoms with Gasteiger partial charge in [-0.05, 0) is 43.7 Å². The molecule has 148 valence electrons. The monoisotopic (exact) mass is 512 g/mol. The molecule has 6 nitrogen and oxygen atoms in total. The Labute approximate surface area is 177 Å². The van der Waals surface area contributed by atoms with Gasteiger partial charge in [-0.2, -0.15) is 4.31 Å². The van der Waals surface area contributed by atoms with E-state index in [2.05, 4.69) is 16.8 Å². The fourth-order valence-electron chi connectivity index (χ4n) is 3.31. The van der Waals surface area contributed by atoms with E-state index in [1.54, 1.807) is 10.4 Å². The molecule has 2 fully saturated rings. The van der Waals surface area contributed by atoms with Crippen LogP contribution in [0.25, 0.3) is 0 Å². The Hall–Kier alpha value is -0.390. The van der Waals surface area contributed by atoms with Crippen LogP contribution in [0.3, 0.4) is 0 Å². The first kappa shape index (κ1) is 21.9. The van der Waals surface area contributed by atoms with E-state index < -0.39 is 10.0 Å². The van der Waals surface area contributed by atoms with Gasteiger partial charge < -0.3 is 10.6 Å². The van der Waals surface area contributed by atoms with Crippen LogP contribution < -0.4 is 5.73 Å². The molecule has 0 atom stereocenters. The summed E-state index contributed by atoms with van der Waals surface area (Å²) in [5, 5.41) is 0. The second-order valence-corrected chi connectivity index (χ2v) is 10.4. The summed E-state index contributed by atoms with van der Waals surface area (Å²) in [4.78, 5) is 7.53. The molecule has 0 aromatic carbocycles. The first-order valence-corrected chi connectivity index (χ1v) is 11.4. The summed E-state index contributed by atoms with van der Waals surface area (Å²) < 4.78 is 27.4. The van der Waals surface area contributed by atoms with Crippen LogP contribution >= 0.6 is 35.3 Å². The lowest BCUT2D eigenvalue weighted by Gasteiger charge is -2.30. The number of halogens is 1. The fourth-order valence-corrected chi connectivity index (χ4v) is 6.26. The van der Waals surface area contributed by atoms with E-state index in [0.717, 1.165) is 56.0 Å². The van der Waals surface area contributed by atoms with Gasteiger partial charge in [0.05, 0.1) is 6.54 Å². The molecule has 0 radical (unpaired) electrons. The maximum Gasteiger partial charge on any atom is 0.252 e. The van der Waals surface area contributed by atoms with E-state index in [-0.39, 0.29) is 24.0 Å². The average Bonchev–Trinajstić information content (AvgIpc) is 3.11. The highest BCUT2D eigenvalue weighted by Crippen LogP contribution is 2.27.